The Balaban J connectivity index is 4.32. The quantitative estimate of drug-likeness (QED) is 0.0261. The molecule has 0 bridgehead atoms. The maximum absolute atomic E-state index is 12.9. The van der Waals surface area contributed by atoms with Crippen molar-refractivity contribution in [2.75, 3.05) is 13.2 Å². The largest absolute Gasteiger partial charge is 0.462 e. The van der Waals surface area contributed by atoms with Crippen molar-refractivity contribution >= 4 is 17.9 Å². The number of esters is 3. The van der Waals surface area contributed by atoms with Crippen LogP contribution in [0.5, 0.6) is 0 Å². The topological polar surface area (TPSA) is 78.9 Å². The van der Waals surface area contributed by atoms with Crippen LogP contribution in [0.15, 0.2) is 24.3 Å². The average molecular weight is 972 g/mol. The number of carbonyl (C=O) groups excluding carboxylic acids is 3. The minimum absolute atomic E-state index is 0.0669. The van der Waals surface area contributed by atoms with Crippen molar-refractivity contribution in [1.82, 2.24) is 0 Å². The Kier molecular flexibility index (Phi) is 56.7. The van der Waals surface area contributed by atoms with Crippen LogP contribution < -0.4 is 0 Å². The number of unbranched alkanes of at least 4 members (excludes halogenated alkanes) is 42. The number of rotatable bonds is 57. The third-order valence-electron chi connectivity index (χ3n) is 14.0. The second kappa shape index (κ2) is 58.5. The molecule has 0 spiro atoms. The Hall–Kier alpha value is -2.11. The molecular weight excluding hydrogens is 853 g/mol. The van der Waals surface area contributed by atoms with Gasteiger partial charge in [-0.3, -0.25) is 14.4 Å². The average Bonchev–Trinajstić information content (AvgIpc) is 3.35. The van der Waals surface area contributed by atoms with Gasteiger partial charge in [-0.15, -0.1) is 0 Å². The van der Waals surface area contributed by atoms with Gasteiger partial charge in [0.15, 0.2) is 6.10 Å². The molecule has 0 aliphatic heterocycles. The molecule has 0 aromatic heterocycles. The number of ether oxygens (including phenoxy) is 3. The Morgan fingerprint density at radius 1 is 0.290 bits per heavy atom. The van der Waals surface area contributed by atoms with Gasteiger partial charge in [0.05, 0.1) is 0 Å². The number of carbonyl (C=O) groups is 3. The van der Waals surface area contributed by atoms with E-state index in [9.17, 15) is 14.4 Å². The smallest absolute Gasteiger partial charge is 0.306 e. The molecule has 0 fully saturated rings. The second-order valence-electron chi connectivity index (χ2n) is 21.0. The van der Waals surface area contributed by atoms with E-state index in [4.69, 9.17) is 14.2 Å². The summed E-state index contributed by atoms with van der Waals surface area (Å²) in [5.41, 5.74) is 0. The van der Waals surface area contributed by atoms with Crippen LogP contribution >= 0.6 is 0 Å². The van der Waals surface area contributed by atoms with Crippen molar-refractivity contribution in [3.8, 4) is 0 Å². The van der Waals surface area contributed by atoms with E-state index in [0.29, 0.717) is 19.3 Å². The second-order valence-corrected chi connectivity index (χ2v) is 21.0. The summed E-state index contributed by atoms with van der Waals surface area (Å²) in [7, 11) is 0. The number of hydrogen-bond acceptors (Lipinski definition) is 6. The van der Waals surface area contributed by atoms with Gasteiger partial charge in [-0.2, -0.15) is 0 Å². The number of hydrogen-bond donors (Lipinski definition) is 0. The van der Waals surface area contributed by atoms with E-state index in [2.05, 4.69) is 45.1 Å². The summed E-state index contributed by atoms with van der Waals surface area (Å²) in [6.45, 7) is 6.68. The molecule has 0 aromatic rings. The fourth-order valence-corrected chi connectivity index (χ4v) is 9.30. The standard InChI is InChI=1S/C63H118O6/c1-4-7-10-13-16-19-22-25-28-30-31-33-36-39-42-45-48-51-54-57-63(66)69-60(58-67-61(64)55-52-49-46-43-40-37-34-27-24-21-18-15-12-9-6-3)59-68-62(65)56-53-50-47-44-41-38-35-32-29-26-23-20-17-14-11-8-5-2/h16,19,25,28,60H,4-15,17-18,20-24,26-27,29-59H2,1-3H3/b19-16-,28-25-/t60-/m0/s1. The molecule has 0 aliphatic rings. The first-order valence-corrected chi connectivity index (χ1v) is 30.8. The fourth-order valence-electron chi connectivity index (χ4n) is 9.30. The minimum atomic E-state index is -0.769. The summed E-state index contributed by atoms with van der Waals surface area (Å²) in [6, 6.07) is 0. The Morgan fingerprint density at radius 2 is 0.522 bits per heavy atom. The van der Waals surface area contributed by atoms with E-state index in [0.717, 1.165) is 64.2 Å². The van der Waals surface area contributed by atoms with E-state index in [-0.39, 0.29) is 31.1 Å². The zero-order valence-corrected chi connectivity index (χ0v) is 46.6. The summed E-state index contributed by atoms with van der Waals surface area (Å²) in [5, 5.41) is 0. The monoisotopic (exact) mass is 971 g/mol. The maximum Gasteiger partial charge on any atom is 0.306 e. The molecule has 0 unspecified atom stereocenters. The molecule has 0 amide bonds. The van der Waals surface area contributed by atoms with Crippen LogP contribution in [0.3, 0.4) is 0 Å². The molecule has 406 valence electrons. The normalized spacial score (nSPS) is 12.1. The van der Waals surface area contributed by atoms with Crippen molar-refractivity contribution < 1.29 is 28.6 Å². The van der Waals surface area contributed by atoms with Crippen LogP contribution in [-0.2, 0) is 28.6 Å². The first-order valence-electron chi connectivity index (χ1n) is 30.8. The highest BCUT2D eigenvalue weighted by atomic mass is 16.6. The molecule has 0 aromatic carbocycles. The van der Waals surface area contributed by atoms with Crippen LogP contribution in [0.25, 0.3) is 0 Å². The van der Waals surface area contributed by atoms with Gasteiger partial charge in [0.25, 0.3) is 0 Å². The molecule has 0 radical (unpaired) electrons. The Morgan fingerprint density at radius 3 is 0.826 bits per heavy atom. The molecule has 6 heteroatoms. The van der Waals surface area contributed by atoms with Crippen LogP contribution in [0.2, 0.25) is 0 Å². The molecule has 0 saturated heterocycles. The Labute approximate surface area is 430 Å². The number of allylic oxidation sites excluding steroid dienone is 4. The molecule has 69 heavy (non-hydrogen) atoms. The maximum atomic E-state index is 12.9. The first kappa shape index (κ1) is 66.9. The van der Waals surface area contributed by atoms with E-state index in [1.54, 1.807) is 0 Å². The molecule has 0 aliphatic carbocycles. The predicted molar refractivity (Wildman–Crippen MR) is 298 cm³/mol. The van der Waals surface area contributed by atoms with Gasteiger partial charge >= 0.3 is 17.9 Å². The van der Waals surface area contributed by atoms with Gasteiger partial charge < -0.3 is 14.2 Å². The summed E-state index contributed by atoms with van der Waals surface area (Å²) >= 11 is 0. The van der Waals surface area contributed by atoms with E-state index in [1.165, 1.54) is 238 Å². The predicted octanol–water partition coefficient (Wildman–Crippen LogP) is 20.7. The highest BCUT2D eigenvalue weighted by molar-refractivity contribution is 5.71. The van der Waals surface area contributed by atoms with E-state index in [1.807, 2.05) is 0 Å². The molecular formula is C63H118O6. The fraction of sp³-hybridized carbons (Fsp3) is 0.889. The summed E-state index contributed by atoms with van der Waals surface area (Å²) in [4.78, 5) is 38.2. The van der Waals surface area contributed by atoms with Crippen molar-refractivity contribution in [2.45, 2.75) is 348 Å². The van der Waals surface area contributed by atoms with Crippen LogP contribution in [0.1, 0.15) is 342 Å². The van der Waals surface area contributed by atoms with Gasteiger partial charge in [-0.1, -0.05) is 295 Å². The van der Waals surface area contributed by atoms with Gasteiger partial charge in [-0.25, -0.2) is 0 Å². The lowest BCUT2D eigenvalue weighted by molar-refractivity contribution is -0.167. The van der Waals surface area contributed by atoms with Crippen molar-refractivity contribution in [3.63, 3.8) is 0 Å². The van der Waals surface area contributed by atoms with E-state index >= 15 is 0 Å². The summed E-state index contributed by atoms with van der Waals surface area (Å²) in [6.07, 6.45) is 68.8. The van der Waals surface area contributed by atoms with Crippen molar-refractivity contribution in [3.05, 3.63) is 24.3 Å². The van der Waals surface area contributed by atoms with Gasteiger partial charge in [0, 0.05) is 19.3 Å². The molecule has 0 saturated carbocycles. The summed E-state index contributed by atoms with van der Waals surface area (Å²) < 4.78 is 16.9. The highest BCUT2D eigenvalue weighted by Gasteiger charge is 2.19. The lowest BCUT2D eigenvalue weighted by Crippen LogP contribution is -2.30. The van der Waals surface area contributed by atoms with Gasteiger partial charge in [-0.05, 0) is 51.4 Å². The molecule has 0 rings (SSSR count). The lowest BCUT2D eigenvalue weighted by atomic mass is 10.0. The highest BCUT2D eigenvalue weighted by Crippen LogP contribution is 2.17. The van der Waals surface area contributed by atoms with Crippen LogP contribution in [0, 0.1) is 0 Å². The third kappa shape index (κ3) is 56.7. The Bertz CT molecular complexity index is 1110. The van der Waals surface area contributed by atoms with Crippen molar-refractivity contribution in [2.24, 2.45) is 0 Å². The van der Waals surface area contributed by atoms with Crippen LogP contribution in [-0.4, -0.2) is 37.2 Å². The zero-order chi connectivity index (χ0) is 50.0. The van der Waals surface area contributed by atoms with Crippen molar-refractivity contribution in [1.29, 1.82) is 0 Å². The zero-order valence-electron chi connectivity index (χ0n) is 46.6. The molecule has 0 heterocycles. The van der Waals surface area contributed by atoms with Gasteiger partial charge in [0.1, 0.15) is 13.2 Å². The molecule has 0 N–H and O–H groups in total. The van der Waals surface area contributed by atoms with E-state index < -0.39 is 6.10 Å². The summed E-state index contributed by atoms with van der Waals surface area (Å²) in [5.74, 6) is -0.844. The molecule has 1 atom stereocenters. The SMILES string of the molecule is CCCCC/C=C\C/C=C\CCCCCCCCCCCC(=O)O[C@@H](COC(=O)CCCCCCCCCCCCCCCCC)COC(=O)CCCCCCCCCCCCCCCCCCC. The third-order valence-corrected chi connectivity index (χ3v) is 14.0. The van der Waals surface area contributed by atoms with Crippen LogP contribution in [0.4, 0.5) is 0 Å². The first-order chi connectivity index (χ1) is 34.0. The van der Waals surface area contributed by atoms with Gasteiger partial charge in [0.2, 0.25) is 0 Å². The lowest BCUT2D eigenvalue weighted by Gasteiger charge is -2.18. The minimum Gasteiger partial charge on any atom is -0.462 e. The molecule has 6 nitrogen and oxygen atoms in total.